The van der Waals surface area contributed by atoms with Gasteiger partial charge in [-0.3, -0.25) is 0 Å². The van der Waals surface area contributed by atoms with Gasteiger partial charge in [-0.2, -0.15) is 0 Å². The maximum absolute atomic E-state index is 6.91. The largest absolute Gasteiger partial charge is 0.484 e. The summed E-state index contributed by atoms with van der Waals surface area (Å²) in [4.78, 5) is 3.61. The Balaban J connectivity index is 1.00. The minimum atomic E-state index is -0.127. The van der Waals surface area contributed by atoms with Crippen molar-refractivity contribution in [3.8, 4) is 27.5 Å². The molecule has 2 unspecified atom stereocenters. The van der Waals surface area contributed by atoms with E-state index in [2.05, 4.69) is 138 Å². The molecule has 0 radical (unpaired) electrons. The molecule has 238 valence electrons. The number of furan rings is 2. The summed E-state index contributed by atoms with van der Waals surface area (Å²) in [5, 5.41) is 7.09. The molecule has 5 heterocycles. The molecule has 2 atom stereocenters. The number of fused-ring (bicyclic) bond motifs is 10. The van der Waals surface area contributed by atoms with Gasteiger partial charge < -0.3 is 18.5 Å². The highest BCUT2D eigenvalue weighted by Gasteiger charge is 2.37. The van der Waals surface area contributed by atoms with Crippen LogP contribution in [0.25, 0.3) is 63.9 Å². The summed E-state index contributed by atoms with van der Waals surface area (Å²) in [6, 6.07) is 43.1. The maximum atomic E-state index is 6.91. The number of hydrogen-bond acceptors (Lipinski definition) is 6. The van der Waals surface area contributed by atoms with E-state index in [1.165, 1.54) is 46.9 Å². The van der Waals surface area contributed by atoms with E-state index in [1.54, 1.807) is 17.6 Å². The number of nitrogens with zero attached hydrogens (tertiary/aromatic N) is 1. The molecule has 0 fully saturated rings. The molecular weight excluding hydrogens is 655 g/mol. The quantitative estimate of drug-likeness (QED) is 0.170. The number of ether oxygens (including phenoxy) is 1. The lowest BCUT2D eigenvalue weighted by Crippen LogP contribution is -2.24. The molecule has 6 heteroatoms. The third kappa shape index (κ3) is 4.29. The number of rotatable bonds is 5. The predicted molar refractivity (Wildman–Crippen MR) is 207 cm³/mol. The van der Waals surface area contributed by atoms with Crippen LogP contribution in [-0.2, 0) is 0 Å². The molecule has 11 rings (SSSR count). The Kier molecular flexibility index (Phi) is 6.08. The fraction of sp³-hybridized carbons (Fsp3) is 0.0455. The minimum Gasteiger partial charge on any atom is -0.484 e. The van der Waals surface area contributed by atoms with Crippen molar-refractivity contribution in [2.75, 3.05) is 4.90 Å². The zero-order chi connectivity index (χ0) is 32.8. The summed E-state index contributed by atoms with van der Waals surface area (Å²) in [7, 11) is 0. The van der Waals surface area contributed by atoms with Gasteiger partial charge in [0.25, 0.3) is 0 Å². The Bertz CT molecular complexity index is 2640. The lowest BCUT2D eigenvalue weighted by molar-refractivity contribution is 0.270. The van der Waals surface area contributed by atoms with E-state index in [-0.39, 0.29) is 12.0 Å². The van der Waals surface area contributed by atoms with Crippen molar-refractivity contribution in [3.05, 3.63) is 162 Å². The molecule has 1 aliphatic heterocycles. The van der Waals surface area contributed by atoms with E-state index >= 15 is 0 Å². The second-order valence-corrected chi connectivity index (χ2v) is 14.9. The summed E-state index contributed by atoms with van der Waals surface area (Å²) < 4.78 is 21.2. The predicted octanol–water partition coefficient (Wildman–Crippen LogP) is 13.1. The lowest BCUT2D eigenvalue weighted by Gasteiger charge is -2.30. The van der Waals surface area contributed by atoms with Gasteiger partial charge in [0.2, 0.25) is 0 Å². The fourth-order valence-corrected chi connectivity index (χ4v) is 9.81. The molecule has 1 aliphatic carbocycles. The van der Waals surface area contributed by atoms with E-state index in [4.69, 9.17) is 13.6 Å². The van der Waals surface area contributed by atoms with E-state index in [9.17, 15) is 0 Å². The lowest BCUT2D eigenvalue weighted by atomic mass is 9.85. The molecular formula is C44H27NO3S2. The zero-order valence-corrected chi connectivity index (χ0v) is 28.2. The monoisotopic (exact) mass is 681 g/mol. The van der Waals surface area contributed by atoms with Crippen LogP contribution in [-0.4, -0.2) is 6.10 Å². The van der Waals surface area contributed by atoms with Crippen LogP contribution >= 0.6 is 22.7 Å². The van der Waals surface area contributed by atoms with Gasteiger partial charge in [-0.05, 0) is 87.8 Å². The van der Waals surface area contributed by atoms with E-state index in [1.807, 2.05) is 23.5 Å². The Morgan fingerprint density at radius 1 is 0.640 bits per heavy atom. The highest BCUT2D eigenvalue weighted by molar-refractivity contribution is 7.28. The molecule has 9 aromatic rings. The van der Waals surface area contributed by atoms with Crippen molar-refractivity contribution in [3.63, 3.8) is 0 Å². The molecule has 0 saturated heterocycles. The SMILES string of the molecule is C1=CC2c3c(c4ccccc4c4ccccc34)OC2C=C1N(c1ccc(-c2cc3occc3o2)cc1)c1ccc(-c2cc3sccc3s2)cc1. The first-order chi connectivity index (χ1) is 24.7. The van der Waals surface area contributed by atoms with Crippen LogP contribution in [0, 0.1) is 0 Å². The average Bonchev–Trinajstić information content (AvgIpc) is 3.99. The van der Waals surface area contributed by atoms with Crippen molar-refractivity contribution in [2.24, 2.45) is 0 Å². The van der Waals surface area contributed by atoms with Crippen LogP contribution in [0.3, 0.4) is 0 Å². The van der Waals surface area contributed by atoms with Gasteiger partial charge in [0.1, 0.15) is 17.6 Å². The normalized spacial score (nSPS) is 16.6. The van der Waals surface area contributed by atoms with E-state index in [0.29, 0.717) is 0 Å². The molecule has 4 nitrogen and oxygen atoms in total. The summed E-state index contributed by atoms with van der Waals surface area (Å²) in [6.45, 7) is 0. The van der Waals surface area contributed by atoms with Gasteiger partial charge in [-0.15, -0.1) is 22.7 Å². The van der Waals surface area contributed by atoms with Gasteiger partial charge in [-0.25, -0.2) is 0 Å². The number of hydrogen-bond donors (Lipinski definition) is 0. The molecule has 4 aromatic heterocycles. The van der Waals surface area contributed by atoms with Gasteiger partial charge >= 0.3 is 0 Å². The minimum absolute atomic E-state index is 0.125. The first kappa shape index (κ1) is 28.1. The van der Waals surface area contributed by atoms with Crippen molar-refractivity contribution in [1.82, 2.24) is 0 Å². The summed E-state index contributed by atoms with van der Waals surface area (Å²) in [6.07, 6.45) is 8.42. The molecule has 0 amide bonds. The Morgan fingerprint density at radius 3 is 2.12 bits per heavy atom. The zero-order valence-electron chi connectivity index (χ0n) is 26.6. The highest BCUT2D eigenvalue weighted by Crippen LogP contribution is 2.51. The molecule has 2 aliphatic rings. The van der Waals surface area contributed by atoms with Crippen molar-refractivity contribution >= 4 is 76.2 Å². The van der Waals surface area contributed by atoms with Gasteiger partial charge in [0, 0.05) is 65.9 Å². The molecule has 0 spiro atoms. The van der Waals surface area contributed by atoms with Crippen LogP contribution in [0.15, 0.2) is 166 Å². The Morgan fingerprint density at radius 2 is 1.36 bits per heavy atom. The standard InChI is InChI=1S/C44H27NO3S2/c1-3-7-33-31(5-1)32-6-2-4-8-34(32)44-43(33)35-18-17-30(23-38(35)48-44)45(28-13-9-26(10-14-28)37-24-39-36(47-37)19-21-46-39)29-15-11-27(12-16-29)41-25-42-40(50-41)20-22-49-42/h1-25,35,38H. The Labute approximate surface area is 295 Å². The average molecular weight is 682 g/mol. The van der Waals surface area contributed by atoms with Crippen molar-refractivity contribution in [1.29, 1.82) is 0 Å². The van der Waals surface area contributed by atoms with Gasteiger partial charge in [0.15, 0.2) is 11.2 Å². The number of allylic oxidation sites excluding steroid dienone is 1. The van der Waals surface area contributed by atoms with Crippen molar-refractivity contribution < 1.29 is 13.6 Å². The highest BCUT2D eigenvalue weighted by atomic mass is 32.1. The van der Waals surface area contributed by atoms with E-state index < -0.39 is 0 Å². The van der Waals surface area contributed by atoms with Crippen LogP contribution in [0.2, 0.25) is 0 Å². The maximum Gasteiger partial charge on any atom is 0.173 e. The van der Waals surface area contributed by atoms with Gasteiger partial charge in [0.05, 0.1) is 6.26 Å². The third-order valence-electron chi connectivity index (χ3n) is 10.0. The molecule has 0 N–H and O–H groups in total. The van der Waals surface area contributed by atoms with Crippen LogP contribution in [0.5, 0.6) is 5.75 Å². The number of thiophene rings is 2. The second-order valence-electron chi connectivity index (χ2n) is 12.8. The topological polar surface area (TPSA) is 38.8 Å². The van der Waals surface area contributed by atoms with E-state index in [0.717, 1.165) is 45.3 Å². The Hall–Kier alpha value is -5.82. The molecule has 0 bridgehead atoms. The molecule has 5 aromatic carbocycles. The first-order valence-electron chi connectivity index (χ1n) is 16.7. The van der Waals surface area contributed by atoms with Crippen LogP contribution in [0.4, 0.5) is 11.4 Å². The fourth-order valence-electron chi connectivity index (χ4n) is 7.70. The number of anilines is 2. The third-order valence-corrected chi connectivity index (χ3v) is 12.2. The van der Waals surface area contributed by atoms with Crippen LogP contribution < -0.4 is 9.64 Å². The molecule has 50 heavy (non-hydrogen) atoms. The smallest absolute Gasteiger partial charge is 0.173 e. The van der Waals surface area contributed by atoms with Gasteiger partial charge in [-0.1, -0.05) is 66.7 Å². The second kappa shape index (κ2) is 10.8. The summed E-state index contributed by atoms with van der Waals surface area (Å²) >= 11 is 3.64. The summed E-state index contributed by atoms with van der Waals surface area (Å²) in [5.41, 5.74) is 8.20. The first-order valence-corrected chi connectivity index (χ1v) is 18.4. The van der Waals surface area contributed by atoms with Crippen molar-refractivity contribution in [2.45, 2.75) is 12.0 Å². The molecule has 0 saturated carbocycles. The van der Waals surface area contributed by atoms with Crippen LogP contribution in [0.1, 0.15) is 11.5 Å². The summed E-state index contributed by atoms with van der Waals surface area (Å²) in [5.74, 6) is 1.91. The number of benzene rings is 5.